The highest BCUT2D eigenvalue weighted by molar-refractivity contribution is 5.41. The van der Waals surface area contributed by atoms with E-state index in [0.29, 0.717) is 11.8 Å². The quantitative estimate of drug-likeness (QED) is 0.753. The lowest BCUT2D eigenvalue weighted by Gasteiger charge is -2.19. The van der Waals surface area contributed by atoms with Gasteiger partial charge in [0.2, 0.25) is 0 Å². The van der Waals surface area contributed by atoms with Crippen molar-refractivity contribution in [2.45, 2.75) is 46.0 Å². The van der Waals surface area contributed by atoms with Crippen molar-refractivity contribution in [1.82, 2.24) is 4.98 Å². The van der Waals surface area contributed by atoms with Crippen LogP contribution < -0.4 is 0 Å². The average Bonchev–Trinajstić information content (AvgIpc) is 2.39. The molecule has 0 amide bonds. The smallest absolute Gasteiger partial charge is 0.0447 e. The highest BCUT2D eigenvalue weighted by Gasteiger charge is 2.14. The molecule has 0 radical (unpaired) electrons. The first-order chi connectivity index (χ1) is 9.09. The Balaban J connectivity index is 2.46. The molecule has 0 fully saturated rings. The van der Waals surface area contributed by atoms with Gasteiger partial charge in [-0.3, -0.25) is 4.98 Å². The summed E-state index contributed by atoms with van der Waals surface area (Å²) in [6.07, 6.45) is 2.81. The Morgan fingerprint density at radius 1 is 0.842 bits per heavy atom. The Bertz CT molecular complexity index is 500. The predicted molar refractivity (Wildman–Crippen MR) is 81.7 cm³/mol. The highest BCUT2D eigenvalue weighted by atomic mass is 14.7. The molecule has 1 aromatic heterocycles. The van der Waals surface area contributed by atoms with E-state index in [2.05, 4.69) is 63.0 Å². The van der Waals surface area contributed by atoms with Crippen LogP contribution in [-0.4, -0.2) is 4.98 Å². The zero-order chi connectivity index (χ0) is 13.8. The van der Waals surface area contributed by atoms with Crippen LogP contribution in [0, 0.1) is 0 Å². The third kappa shape index (κ3) is 3.23. The molecule has 0 aliphatic heterocycles. The largest absolute Gasteiger partial charge is 0.261 e. The molecule has 1 heterocycles. The van der Waals surface area contributed by atoms with Gasteiger partial charge in [-0.2, -0.15) is 0 Å². The van der Waals surface area contributed by atoms with E-state index in [4.69, 9.17) is 0 Å². The van der Waals surface area contributed by atoms with E-state index in [-0.39, 0.29) is 0 Å². The maximum absolute atomic E-state index is 4.47. The summed E-state index contributed by atoms with van der Waals surface area (Å²) in [6, 6.07) is 12.9. The molecular weight excluding hydrogens is 230 g/mol. The lowest BCUT2D eigenvalue weighted by molar-refractivity contribution is 0.802. The summed E-state index contributed by atoms with van der Waals surface area (Å²) in [5.41, 5.74) is 5.53. The minimum absolute atomic E-state index is 0.553. The summed E-state index contributed by atoms with van der Waals surface area (Å²) in [7, 11) is 0. The van der Waals surface area contributed by atoms with E-state index in [0.717, 1.165) is 12.1 Å². The SMILES string of the molecule is CC(C)c1cccc(C(C)C)c1Cc1ccccn1. The van der Waals surface area contributed by atoms with Crippen molar-refractivity contribution in [1.29, 1.82) is 0 Å². The van der Waals surface area contributed by atoms with E-state index in [1.54, 1.807) is 0 Å². The molecule has 0 aliphatic rings. The molecule has 1 nitrogen and oxygen atoms in total. The van der Waals surface area contributed by atoms with Crippen molar-refractivity contribution >= 4 is 0 Å². The van der Waals surface area contributed by atoms with Crippen LogP contribution in [0.4, 0.5) is 0 Å². The Hall–Kier alpha value is -1.63. The number of hydrogen-bond donors (Lipinski definition) is 0. The van der Waals surface area contributed by atoms with Crippen molar-refractivity contribution in [2.75, 3.05) is 0 Å². The van der Waals surface area contributed by atoms with Gasteiger partial charge in [0, 0.05) is 18.3 Å². The number of rotatable bonds is 4. The summed E-state index contributed by atoms with van der Waals surface area (Å²) in [5.74, 6) is 1.11. The first-order valence-electron chi connectivity index (χ1n) is 7.11. The minimum atomic E-state index is 0.553. The van der Waals surface area contributed by atoms with E-state index in [9.17, 15) is 0 Å². The van der Waals surface area contributed by atoms with Crippen LogP contribution in [0.3, 0.4) is 0 Å². The zero-order valence-electron chi connectivity index (χ0n) is 12.4. The fourth-order valence-corrected chi connectivity index (χ4v) is 2.59. The number of benzene rings is 1. The third-order valence-electron chi connectivity index (χ3n) is 3.58. The van der Waals surface area contributed by atoms with Crippen LogP contribution in [0.2, 0.25) is 0 Å². The fourth-order valence-electron chi connectivity index (χ4n) is 2.59. The number of hydrogen-bond acceptors (Lipinski definition) is 1. The second-order valence-corrected chi connectivity index (χ2v) is 5.72. The fraction of sp³-hybridized carbons (Fsp3) is 0.389. The Morgan fingerprint density at radius 2 is 1.47 bits per heavy atom. The molecule has 19 heavy (non-hydrogen) atoms. The van der Waals surface area contributed by atoms with Crippen LogP contribution in [0.5, 0.6) is 0 Å². The summed E-state index contributed by atoms with van der Waals surface area (Å²) < 4.78 is 0. The molecule has 100 valence electrons. The summed E-state index contributed by atoms with van der Waals surface area (Å²) in [5, 5.41) is 0. The molecule has 2 aromatic rings. The van der Waals surface area contributed by atoms with E-state index >= 15 is 0 Å². The molecule has 0 N–H and O–H groups in total. The van der Waals surface area contributed by atoms with Crippen molar-refractivity contribution in [2.24, 2.45) is 0 Å². The molecule has 1 aromatic carbocycles. The maximum atomic E-state index is 4.47. The average molecular weight is 253 g/mol. The van der Waals surface area contributed by atoms with E-state index in [1.807, 2.05) is 12.3 Å². The Labute approximate surface area is 116 Å². The van der Waals surface area contributed by atoms with Gasteiger partial charge >= 0.3 is 0 Å². The van der Waals surface area contributed by atoms with Gasteiger partial charge < -0.3 is 0 Å². The van der Waals surface area contributed by atoms with Crippen LogP contribution in [0.1, 0.15) is 61.9 Å². The van der Waals surface area contributed by atoms with Crippen LogP contribution in [0.15, 0.2) is 42.6 Å². The molecule has 2 rings (SSSR count). The molecule has 0 aliphatic carbocycles. The van der Waals surface area contributed by atoms with Gasteiger partial charge in [0.25, 0.3) is 0 Å². The van der Waals surface area contributed by atoms with Crippen molar-refractivity contribution in [3.8, 4) is 0 Å². The van der Waals surface area contributed by atoms with Gasteiger partial charge in [-0.1, -0.05) is 52.0 Å². The summed E-state index contributed by atoms with van der Waals surface area (Å²) >= 11 is 0. The minimum Gasteiger partial charge on any atom is -0.261 e. The third-order valence-corrected chi connectivity index (χ3v) is 3.58. The lowest BCUT2D eigenvalue weighted by Crippen LogP contribution is -2.05. The molecule has 1 heteroatoms. The summed E-state index contributed by atoms with van der Waals surface area (Å²) in [6.45, 7) is 9.06. The Morgan fingerprint density at radius 3 is 1.95 bits per heavy atom. The topological polar surface area (TPSA) is 12.9 Å². The Kier molecular flexibility index (Phi) is 4.36. The number of aromatic nitrogens is 1. The van der Waals surface area contributed by atoms with E-state index in [1.165, 1.54) is 16.7 Å². The van der Waals surface area contributed by atoms with Crippen LogP contribution in [-0.2, 0) is 6.42 Å². The second kappa shape index (κ2) is 6.01. The molecule has 0 saturated carbocycles. The zero-order valence-corrected chi connectivity index (χ0v) is 12.4. The van der Waals surface area contributed by atoms with Gasteiger partial charge in [-0.05, 0) is 40.7 Å². The maximum Gasteiger partial charge on any atom is 0.0447 e. The summed E-state index contributed by atoms with van der Waals surface area (Å²) in [4.78, 5) is 4.47. The highest BCUT2D eigenvalue weighted by Crippen LogP contribution is 2.29. The predicted octanol–water partition coefficient (Wildman–Crippen LogP) is 4.92. The van der Waals surface area contributed by atoms with Gasteiger partial charge in [-0.15, -0.1) is 0 Å². The normalized spacial score (nSPS) is 11.3. The monoisotopic (exact) mass is 253 g/mol. The molecule has 0 unspecified atom stereocenters. The van der Waals surface area contributed by atoms with Crippen LogP contribution >= 0.6 is 0 Å². The lowest BCUT2D eigenvalue weighted by atomic mass is 9.86. The van der Waals surface area contributed by atoms with Gasteiger partial charge in [-0.25, -0.2) is 0 Å². The number of nitrogens with zero attached hydrogens (tertiary/aromatic N) is 1. The van der Waals surface area contributed by atoms with Crippen molar-refractivity contribution in [3.05, 3.63) is 65.0 Å². The first-order valence-corrected chi connectivity index (χ1v) is 7.11. The van der Waals surface area contributed by atoms with Crippen molar-refractivity contribution in [3.63, 3.8) is 0 Å². The van der Waals surface area contributed by atoms with Gasteiger partial charge in [0.1, 0.15) is 0 Å². The number of pyridine rings is 1. The molecule has 0 saturated heterocycles. The van der Waals surface area contributed by atoms with Crippen LogP contribution in [0.25, 0.3) is 0 Å². The molecule has 0 bridgehead atoms. The first kappa shape index (κ1) is 13.8. The van der Waals surface area contributed by atoms with E-state index < -0.39 is 0 Å². The molecule has 0 spiro atoms. The standard InChI is InChI=1S/C18H23N/c1-13(2)16-9-7-10-17(14(3)4)18(16)12-15-8-5-6-11-19-15/h5-11,13-14H,12H2,1-4H3. The second-order valence-electron chi connectivity index (χ2n) is 5.72. The van der Waals surface area contributed by atoms with Crippen molar-refractivity contribution < 1.29 is 0 Å². The molecular formula is C18H23N. The van der Waals surface area contributed by atoms with Gasteiger partial charge in [0.05, 0.1) is 0 Å². The van der Waals surface area contributed by atoms with Gasteiger partial charge in [0.15, 0.2) is 0 Å². The molecule has 0 atom stereocenters.